The number of aliphatic hydroxyl groups is 1. The number of carbonyl (C=O) groups is 2. The third-order valence-electron chi connectivity index (χ3n) is 2.06. The number of nitrogens with one attached hydrogen (secondary N) is 2. The molecule has 0 aliphatic carbocycles. The number of carbonyl (C=O) groups excluding carboxylic acids is 2. The second-order valence-corrected chi connectivity index (χ2v) is 3.52. The molecule has 1 amide bonds. The molecule has 0 fully saturated rings. The van der Waals surface area contributed by atoms with Crippen molar-refractivity contribution in [3.05, 3.63) is 0 Å². The quantitative estimate of drug-likeness (QED) is 0.441. The Morgan fingerprint density at radius 2 is 2.00 bits per heavy atom. The maximum atomic E-state index is 11.3. The molecule has 0 saturated carbocycles. The maximum Gasteiger partial charge on any atom is 0.329 e. The van der Waals surface area contributed by atoms with Gasteiger partial charge in [0.25, 0.3) is 0 Å². The van der Waals surface area contributed by atoms with Crippen LogP contribution in [0, 0.1) is 0 Å². The topological polar surface area (TPSA) is 96.9 Å². The molecule has 0 aromatic heterocycles. The summed E-state index contributed by atoms with van der Waals surface area (Å²) in [5.41, 5.74) is 0. The Hall–Kier alpha value is -1.18. The molecule has 0 aliphatic heterocycles. The molecule has 0 radical (unpaired) electrons. The first-order valence-electron chi connectivity index (χ1n) is 5.23. The van der Waals surface area contributed by atoms with Gasteiger partial charge >= 0.3 is 5.97 Å². The van der Waals surface area contributed by atoms with E-state index >= 15 is 0 Å². The average Bonchev–Trinajstić information content (AvgIpc) is 2.31. The summed E-state index contributed by atoms with van der Waals surface area (Å²) >= 11 is 0. The molecule has 7 heteroatoms. The Balaban J connectivity index is 4.22. The highest BCUT2D eigenvalue weighted by molar-refractivity contribution is 5.83. The van der Waals surface area contributed by atoms with E-state index in [0.29, 0.717) is 6.61 Å². The van der Waals surface area contributed by atoms with Crippen LogP contribution in [0.3, 0.4) is 0 Å². The molecular weight excluding hydrogens is 228 g/mol. The highest BCUT2D eigenvalue weighted by Gasteiger charge is 2.21. The van der Waals surface area contributed by atoms with Crippen molar-refractivity contribution in [2.75, 3.05) is 34.0 Å². The van der Waals surface area contributed by atoms with Gasteiger partial charge in [0.1, 0.15) is 6.04 Å². The molecule has 0 aromatic rings. The van der Waals surface area contributed by atoms with Gasteiger partial charge in [0.15, 0.2) is 0 Å². The van der Waals surface area contributed by atoms with Gasteiger partial charge in [-0.1, -0.05) is 0 Å². The smallest absolute Gasteiger partial charge is 0.329 e. The van der Waals surface area contributed by atoms with E-state index in [1.807, 2.05) is 0 Å². The Bertz CT molecular complexity index is 247. The Morgan fingerprint density at radius 1 is 1.35 bits per heavy atom. The molecule has 17 heavy (non-hydrogen) atoms. The molecule has 0 rings (SSSR count). The van der Waals surface area contributed by atoms with Crippen molar-refractivity contribution in [2.45, 2.75) is 19.0 Å². The van der Waals surface area contributed by atoms with Crippen LogP contribution in [0.5, 0.6) is 0 Å². The minimum Gasteiger partial charge on any atom is -0.467 e. The molecule has 0 aliphatic rings. The van der Waals surface area contributed by atoms with Gasteiger partial charge in [-0.3, -0.25) is 4.79 Å². The van der Waals surface area contributed by atoms with E-state index in [9.17, 15) is 9.59 Å². The summed E-state index contributed by atoms with van der Waals surface area (Å²) in [6.07, 6.45) is 0. The highest BCUT2D eigenvalue weighted by atomic mass is 16.5. The first kappa shape index (κ1) is 15.8. The van der Waals surface area contributed by atoms with Crippen LogP contribution >= 0.6 is 0 Å². The maximum absolute atomic E-state index is 11.3. The lowest BCUT2D eigenvalue weighted by molar-refractivity contribution is -0.144. The number of hydrogen-bond acceptors (Lipinski definition) is 6. The van der Waals surface area contributed by atoms with Crippen LogP contribution in [0.15, 0.2) is 0 Å². The SMILES string of the molecule is COCC(CO)NCC(NC(C)=O)C(=O)OC. The fourth-order valence-electron chi connectivity index (χ4n) is 1.24. The van der Waals surface area contributed by atoms with Gasteiger partial charge in [-0.25, -0.2) is 4.79 Å². The number of rotatable bonds is 8. The molecule has 0 saturated heterocycles. The lowest BCUT2D eigenvalue weighted by Gasteiger charge is -2.20. The van der Waals surface area contributed by atoms with Crippen LogP contribution in [0.2, 0.25) is 0 Å². The minimum atomic E-state index is -0.775. The Kier molecular flexibility index (Phi) is 8.29. The van der Waals surface area contributed by atoms with E-state index in [1.54, 1.807) is 0 Å². The summed E-state index contributed by atoms with van der Waals surface area (Å²) in [5.74, 6) is -0.865. The van der Waals surface area contributed by atoms with Crippen molar-refractivity contribution in [1.82, 2.24) is 10.6 Å². The molecule has 2 unspecified atom stereocenters. The summed E-state index contributed by atoms with van der Waals surface area (Å²) < 4.78 is 9.42. The standard InChI is InChI=1S/C10H20N2O5/c1-7(14)12-9(10(15)17-3)4-11-8(5-13)6-16-2/h8-9,11,13H,4-6H2,1-3H3,(H,12,14). The van der Waals surface area contributed by atoms with Crippen molar-refractivity contribution in [2.24, 2.45) is 0 Å². The first-order chi connectivity index (χ1) is 8.04. The molecule has 2 atom stereocenters. The van der Waals surface area contributed by atoms with E-state index in [-0.39, 0.29) is 25.1 Å². The lowest BCUT2D eigenvalue weighted by Crippen LogP contribution is -2.50. The molecule has 100 valence electrons. The van der Waals surface area contributed by atoms with Gasteiger partial charge in [0.2, 0.25) is 5.91 Å². The van der Waals surface area contributed by atoms with Gasteiger partial charge in [0, 0.05) is 20.6 Å². The fraction of sp³-hybridized carbons (Fsp3) is 0.800. The molecule has 0 bridgehead atoms. The number of hydrogen-bond donors (Lipinski definition) is 3. The number of ether oxygens (including phenoxy) is 2. The second-order valence-electron chi connectivity index (χ2n) is 3.52. The van der Waals surface area contributed by atoms with Crippen LogP contribution in [0.25, 0.3) is 0 Å². The highest BCUT2D eigenvalue weighted by Crippen LogP contribution is 1.90. The normalized spacial score (nSPS) is 13.9. The van der Waals surface area contributed by atoms with Crippen LogP contribution in [0.1, 0.15) is 6.92 Å². The Morgan fingerprint density at radius 3 is 2.41 bits per heavy atom. The zero-order valence-electron chi connectivity index (χ0n) is 10.4. The predicted octanol–water partition coefficient (Wildman–Crippen LogP) is -1.74. The summed E-state index contributed by atoms with van der Waals surface area (Å²) in [6, 6.07) is -1.07. The van der Waals surface area contributed by atoms with Gasteiger partial charge in [-0.05, 0) is 0 Å². The summed E-state index contributed by atoms with van der Waals surface area (Å²) in [6.45, 7) is 1.67. The fourth-order valence-corrected chi connectivity index (χ4v) is 1.24. The van der Waals surface area contributed by atoms with Crippen molar-refractivity contribution >= 4 is 11.9 Å². The summed E-state index contributed by atoms with van der Waals surface area (Å²) in [5, 5.41) is 14.4. The van der Waals surface area contributed by atoms with Gasteiger partial charge in [0.05, 0.1) is 26.4 Å². The number of esters is 1. The third kappa shape index (κ3) is 6.88. The molecule has 3 N–H and O–H groups in total. The largest absolute Gasteiger partial charge is 0.467 e. The van der Waals surface area contributed by atoms with Crippen molar-refractivity contribution in [1.29, 1.82) is 0 Å². The monoisotopic (exact) mass is 248 g/mol. The number of aliphatic hydroxyl groups excluding tert-OH is 1. The lowest BCUT2D eigenvalue weighted by atomic mass is 10.2. The zero-order chi connectivity index (χ0) is 13.3. The van der Waals surface area contributed by atoms with E-state index in [4.69, 9.17) is 9.84 Å². The minimum absolute atomic E-state index is 0.123. The zero-order valence-corrected chi connectivity index (χ0v) is 10.4. The Labute approximate surface area is 100 Å². The van der Waals surface area contributed by atoms with E-state index in [2.05, 4.69) is 15.4 Å². The number of amides is 1. The molecule has 0 spiro atoms. The van der Waals surface area contributed by atoms with Gasteiger partial charge < -0.3 is 25.2 Å². The van der Waals surface area contributed by atoms with Crippen LogP contribution in [-0.4, -0.2) is 63.0 Å². The summed E-state index contributed by atoms with van der Waals surface area (Å²) in [7, 11) is 2.76. The van der Waals surface area contributed by atoms with E-state index < -0.39 is 12.0 Å². The van der Waals surface area contributed by atoms with Crippen molar-refractivity contribution < 1.29 is 24.2 Å². The van der Waals surface area contributed by atoms with Crippen molar-refractivity contribution in [3.8, 4) is 0 Å². The van der Waals surface area contributed by atoms with Crippen molar-refractivity contribution in [3.63, 3.8) is 0 Å². The van der Waals surface area contributed by atoms with Gasteiger partial charge in [-0.15, -0.1) is 0 Å². The third-order valence-corrected chi connectivity index (χ3v) is 2.06. The van der Waals surface area contributed by atoms with E-state index in [1.165, 1.54) is 21.1 Å². The predicted molar refractivity (Wildman–Crippen MR) is 60.4 cm³/mol. The molecule has 0 heterocycles. The second kappa shape index (κ2) is 8.91. The number of methoxy groups -OCH3 is 2. The van der Waals surface area contributed by atoms with Crippen LogP contribution in [-0.2, 0) is 19.1 Å². The molecule has 7 nitrogen and oxygen atoms in total. The van der Waals surface area contributed by atoms with Crippen LogP contribution in [0.4, 0.5) is 0 Å². The first-order valence-corrected chi connectivity index (χ1v) is 5.23. The molecule has 0 aromatic carbocycles. The van der Waals surface area contributed by atoms with Crippen LogP contribution < -0.4 is 10.6 Å². The van der Waals surface area contributed by atoms with Gasteiger partial charge in [-0.2, -0.15) is 0 Å². The van der Waals surface area contributed by atoms with E-state index in [0.717, 1.165) is 0 Å². The molecular formula is C10H20N2O5. The summed E-state index contributed by atoms with van der Waals surface area (Å²) in [4.78, 5) is 22.2. The average molecular weight is 248 g/mol.